The molecule has 1 heterocycles. The lowest BCUT2D eigenvalue weighted by molar-refractivity contribution is -0.385. The zero-order valence-electron chi connectivity index (χ0n) is 13.4. The molecule has 1 aliphatic carbocycles. The second-order valence-corrected chi connectivity index (χ2v) is 6.21. The molecule has 0 spiro atoms. The summed E-state index contributed by atoms with van der Waals surface area (Å²) in [5.74, 6) is -5.23. The van der Waals surface area contributed by atoms with Crippen LogP contribution in [0.1, 0.15) is 23.5 Å². The highest BCUT2D eigenvalue weighted by Gasteiger charge is 2.54. The van der Waals surface area contributed by atoms with Crippen molar-refractivity contribution in [1.29, 1.82) is 0 Å². The molecule has 0 aromatic heterocycles. The first kappa shape index (κ1) is 17.9. The van der Waals surface area contributed by atoms with Crippen molar-refractivity contribution in [2.45, 2.75) is 31.5 Å². The molecule has 0 saturated carbocycles. The molecule has 1 aromatic carbocycles. The van der Waals surface area contributed by atoms with E-state index in [9.17, 15) is 38.0 Å². The number of carbonyl (C=O) groups excluding carboxylic acids is 1. The number of rotatable bonds is 2. The van der Waals surface area contributed by atoms with E-state index in [1.165, 1.54) is 13.0 Å². The topological polar surface area (TPSA) is 101 Å². The van der Waals surface area contributed by atoms with E-state index in [0.717, 1.165) is 6.07 Å². The second kappa shape index (κ2) is 5.82. The van der Waals surface area contributed by atoms with E-state index in [2.05, 4.69) is 0 Å². The quantitative estimate of drug-likeness (QED) is 0.490. The number of hydrogen-bond donors (Lipinski definition) is 1. The van der Waals surface area contributed by atoms with Crippen molar-refractivity contribution < 1.29 is 32.8 Å². The lowest BCUT2D eigenvalue weighted by Crippen LogP contribution is -2.57. The molecule has 138 valence electrons. The molecule has 0 saturated heterocycles. The summed E-state index contributed by atoms with van der Waals surface area (Å²) in [5.41, 5.74) is -0.716. The molecule has 0 unspecified atom stereocenters. The van der Waals surface area contributed by atoms with Crippen molar-refractivity contribution in [3.63, 3.8) is 0 Å². The van der Waals surface area contributed by atoms with Gasteiger partial charge in [0.05, 0.1) is 16.2 Å². The average Bonchev–Trinajstić information content (AvgIpc) is 3.00. The number of amides is 1. The first-order chi connectivity index (χ1) is 12.1. The summed E-state index contributed by atoms with van der Waals surface area (Å²) >= 11 is 0. The summed E-state index contributed by atoms with van der Waals surface area (Å²) in [5, 5.41) is 20.7. The summed E-state index contributed by atoms with van der Waals surface area (Å²) in [6, 6.07) is 0.689. The lowest BCUT2D eigenvalue weighted by atomic mass is 9.77. The fraction of sp³-hybridized carbons (Fsp3) is 0.375. The fourth-order valence-corrected chi connectivity index (χ4v) is 3.82. The number of aliphatic carboxylic acids is 1. The Morgan fingerprint density at radius 1 is 1.35 bits per heavy atom. The minimum atomic E-state index is -5.32. The van der Waals surface area contributed by atoms with Gasteiger partial charge in [0.25, 0.3) is 5.69 Å². The third-order valence-corrected chi connectivity index (χ3v) is 4.84. The zero-order valence-corrected chi connectivity index (χ0v) is 13.4. The zero-order chi connectivity index (χ0) is 19.4. The van der Waals surface area contributed by atoms with E-state index in [0.29, 0.717) is 0 Å². The molecule has 2 aliphatic rings. The highest BCUT2D eigenvalue weighted by atomic mass is 19.4. The number of allylic oxidation sites excluding steroid dienone is 2. The Kier molecular flexibility index (Phi) is 4.01. The first-order valence-corrected chi connectivity index (χ1v) is 7.63. The van der Waals surface area contributed by atoms with Crippen LogP contribution in [-0.4, -0.2) is 34.1 Å². The third kappa shape index (κ3) is 2.52. The summed E-state index contributed by atoms with van der Waals surface area (Å²) < 4.78 is 39.5. The summed E-state index contributed by atoms with van der Waals surface area (Å²) in [6.45, 7) is 1.21. The number of benzene rings is 1. The maximum Gasteiger partial charge on any atom is 0.471 e. The Morgan fingerprint density at radius 2 is 2.00 bits per heavy atom. The Morgan fingerprint density at radius 3 is 2.54 bits per heavy atom. The number of carboxylic acid groups (broad SMARTS) is 1. The van der Waals surface area contributed by atoms with Gasteiger partial charge >= 0.3 is 18.1 Å². The van der Waals surface area contributed by atoms with Crippen molar-refractivity contribution in [3.8, 4) is 0 Å². The van der Waals surface area contributed by atoms with Gasteiger partial charge in [-0.3, -0.25) is 19.8 Å². The predicted octanol–water partition coefficient (Wildman–Crippen LogP) is 2.93. The van der Waals surface area contributed by atoms with Crippen LogP contribution in [0.4, 0.5) is 24.5 Å². The van der Waals surface area contributed by atoms with Crippen LogP contribution in [0.5, 0.6) is 0 Å². The molecule has 26 heavy (non-hydrogen) atoms. The van der Waals surface area contributed by atoms with E-state index >= 15 is 0 Å². The molecule has 1 aliphatic heterocycles. The van der Waals surface area contributed by atoms with Crippen molar-refractivity contribution in [2.75, 3.05) is 4.90 Å². The van der Waals surface area contributed by atoms with Crippen LogP contribution >= 0.6 is 0 Å². The van der Waals surface area contributed by atoms with Crippen molar-refractivity contribution in [2.24, 2.45) is 5.92 Å². The Bertz CT molecular complexity index is 849. The minimum absolute atomic E-state index is 0.171. The molecule has 0 radical (unpaired) electrons. The first-order valence-electron chi connectivity index (χ1n) is 7.63. The maximum absolute atomic E-state index is 13.2. The van der Waals surface area contributed by atoms with Crippen LogP contribution < -0.4 is 4.90 Å². The second-order valence-electron chi connectivity index (χ2n) is 6.21. The number of anilines is 1. The molecule has 1 amide bonds. The van der Waals surface area contributed by atoms with Crippen LogP contribution in [0.25, 0.3) is 0 Å². The molecular weight excluding hydrogens is 357 g/mol. The molecule has 3 rings (SSSR count). The number of nitro groups is 1. The average molecular weight is 370 g/mol. The minimum Gasteiger partial charge on any atom is -0.480 e. The van der Waals surface area contributed by atoms with Gasteiger partial charge in [-0.1, -0.05) is 12.2 Å². The summed E-state index contributed by atoms with van der Waals surface area (Å²) in [4.78, 5) is 34.4. The van der Waals surface area contributed by atoms with E-state index in [1.54, 1.807) is 12.2 Å². The fourth-order valence-electron chi connectivity index (χ4n) is 3.82. The Labute approximate surface area is 144 Å². The van der Waals surface area contributed by atoms with Crippen LogP contribution in [0, 0.1) is 23.0 Å². The Balaban J connectivity index is 2.32. The number of carboxylic acids is 1. The van der Waals surface area contributed by atoms with Gasteiger partial charge in [-0.15, -0.1) is 0 Å². The van der Waals surface area contributed by atoms with E-state index in [-0.39, 0.29) is 28.1 Å². The molecule has 0 bridgehead atoms. The van der Waals surface area contributed by atoms with Crippen molar-refractivity contribution >= 4 is 23.3 Å². The molecular formula is C16H13F3N2O5. The predicted molar refractivity (Wildman–Crippen MR) is 82.8 cm³/mol. The molecule has 10 heteroatoms. The number of nitrogens with zero attached hydrogens (tertiary/aromatic N) is 2. The van der Waals surface area contributed by atoms with Gasteiger partial charge in [-0.2, -0.15) is 13.2 Å². The van der Waals surface area contributed by atoms with Crippen molar-refractivity contribution in [1.82, 2.24) is 0 Å². The van der Waals surface area contributed by atoms with Crippen molar-refractivity contribution in [3.05, 3.63) is 45.5 Å². The molecule has 1 aromatic rings. The SMILES string of the molecule is Cc1c([N+](=O)[O-])ccc2c1N(C(=O)C(F)(F)F)[C@H](C(=O)O)[C@@H]1CC=C[C@H]21. The normalized spacial score (nSPS) is 24.2. The largest absolute Gasteiger partial charge is 0.480 e. The molecule has 0 fully saturated rings. The van der Waals surface area contributed by atoms with Crippen LogP contribution in [0.2, 0.25) is 0 Å². The Hall–Kier alpha value is -2.91. The van der Waals surface area contributed by atoms with Gasteiger partial charge in [-0.25, -0.2) is 4.79 Å². The van der Waals surface area contributed by atoms with E-state index in [4.69, 9.17) is 0 Å². The summed E-state index contributed by atoms with van der Waals surface area (Å²) in [6.07, 6.45) is -1.81. The monoisotopic (exact) mass is 370 g/mol. The van der Waals surface area contributed by atoms with E-state index in [1.807, 2.05) is 0 Å². The highest BCUT2D eigenvalue weighted by Crippen LogP contribution is 2.51. The molecule has 7 nitrogen and oxygen atoms in total. The number of halogens is 3. The number of carbonyl (C=O) groups is 2. The van der Waals surface area contributed by atoms with Gasteiger partial charge in [0.15, 0.2) is 0 Å². The van der Waals surface area contributed by atoms with Gasteiger partial charge in [0, 0.05) is 17.9 Å². The summed E-state index contributed by atoms with van der Waals surface area (Å²) in [7, 11) is 0. The smallest absolute Gasteiger partial charge is 0.471 e. The molecule has 1 N–H and O–H groups in total. The lowest BCUT2D eigenvalue weighted by Gasteiger charge is -2.42. The van der Waals surface area contributed by atoms with E-state index < -0.39 is 46.5 Å². The molecule has 3 atom stereocenters. The number of fused-ring (bicyclic) bond motifs is 3. The maximum atomic E-state index is 13.2. The van der Waals surface area contributed by atoms with Gasteiger partial charge in [0.2, 0.25) is 0 Å². The van der Waals surface area contributed by atoms with Gasteiger partial charge in [-0.05, 0) is 25.0 Å². The van der Waals surface area contributed by atoms with Crippen LogP contribution in [0.15, 0.2) is 24.3 Å². The number of alkyl halides is 3. The van der Waals surface area contributed by atoms with Gasteiger partial charge < -0.3 is 5.11 Å². The highest BCUT2D eigenvalue weighted by molar-refractivity contribution is 6.05. The van der Waals surface area contributed by atoms with Crippen LogP contribution in [0.3, 0.4) is 0 Å². The number of nitro benzene ring substituents is 1. The third-order valence-electron chi connectivity index (χ3n) is 4.84. The number of hydrogen-bond acceptors (Lipinski definition) is 4. The van der Waals surface area contributed by atoms with Gasteiger partial charge in [0.1, 0.15) is 6.04 Å². The standard InChI is InChI=1S/C16H13F3N2O5/c1-7-11(21(25)26)6-5-10-8-3-2-4-9(8)13(14(22)23)20(12(7)10)15(24)16(17,18)19/h2-3,5-6,8-9,13H,4H2,1H3,(H,22,23)/t8-,9+,13-/m0/s1. The van der Waals surface area contributed by atoms with Crippen LogP contribution in [-0.2, 0) is 9.59 Å².